The van der Waals surface area contributed by atoms with Crippen molar-refractivity contribution in [3.05, 3.63) is 83.8 Å². The average Bonchev–Trinajstić information content (AvgIpc) is 2.76. The Kier molecular flexibility index (Phi) is 5.36. The fraction of sp³-hybridized carbons (Fsp3) is 0.240. The Bertz CT molecular complexity index is 1150. The van der Waals surface area contributed by atoms with Gasteiger partial charge in [-0.25, -0.2) is 9.97 Å². The van der Waals surface area contributed by atoms with Crippen molar-refractivity contribution < 1.29 is 4.74 Å². The van der Waals surface area contributed by atoms with Crippen LogP contribution < -0.4 is 10.1 Å². The number of pyridine rings is 3. The van der Waals surface area contributed by atoms with Crippen molar-refractivity contribution in [3.63, 3.8) is 0 Å². The molecule has 30 heavy (non-hydrogen) atoms. The number of methoxy groups -OCH3 is 1. The number of fused-ring (bicyclic) bond motifs is 1. The van der Waals surface area contributed by atoms with E-state index in [4.69, 9.17) is 9.72 Å². The predicted octanol–water partition coefficient (Wildman–Crippen LogP) is 5.67. The molecule has 0 aliphatic heterocycles. The summed E-state index contributed by atoms with van der Waals surface area (Å²) in [7, 11) is 1.62. The fourth-order valence-electron chi connectivity index (χ4n) is 3.40. The van der Waals surface area contributed by atoms with Crippen LogP contribution in [0.25, 0.3) is 10.9 Å². The molecule has 4 aromatic rings. The SMILES string of the molecule is COc1ccc(Cc2cnc(Nc3ccc(C(C)(C)C)cc3)c3cccnc23)cn1. The summed E-state index contributed by atoms with van der Waals surface area (Å²) in [6.07, 6.45) is 6.25. The number of aromatic nitrogens is 3. The highest BCUT2D eigenvalue weighted by Crippen LogP contribution is 2.28. The number of rotatable bonds is 5. The summed E-state index contributed by atoms with van der Waals surface area (Å²) in [6.45, 7) is 6.65. The van der Waals surface area contributed by atoms with Gasteiger partial charge in [-0.3, -0.25) is 4.98 Å². The van der Waals surface area contributed by atoms with Gasteiger partial charge in [-0.15, -0.1) is 0 Å². The van der Waals surface area contributed by atoms with E-state index in [-0.39, 0.29) is 5.41 Å². The van der Waals surface area contributed by atoms with Crippen LogP contribution in [0, 0.1) is 0 Å². The van der Waals surface area contributed by atoms with Gasteiger partial charge in [-0.1, -0.05) is 39.0 Å². The van der Waals surface area contributed by atoms with Crippen LogP contribution in [0.4, 0.5) is 11.5 Å². The zero-order valence-electron chi connectivity index (χ0n) is 17.8. The first-order valence-corrected chi connectivity index (χ1v) is 10.0. The number of hydrogen-bond donors (Lipinski definition) is 1. The molecule has 1 N–H and O–H groups in total. The van der Waals surface area contributed by atoms with Gasteiger partial charge in [0.05, 0.1) is 12.6 Å². The zero-order chi connectivity index (χ0) is 21.1. The quantitative estimate of drug-likeness (QED) is 0.470. The standard InChI is InChI=1S/C25H26N4O/c1-25(2,3)19-8-10-20(11-9-19)29-24-21-6-5-13-26-23(21)18(16-28-24)14-17-7-12-22(30-4)27-15-17/h5-13,15-16H,14H2,1-4H3,(H,28,29). The Morgan fingerprint density at radius 3 is 2.37 bits per heavy atom. The number of nitrogens with zero attached hydrogens (tertiary/aromatic N) is 3. The second-order valence-electron chi connectivity index (χ2n) is 8.37. The Labute approximate surface area is 177 Å². The number of nitrogens with one attached hydrogen (secondary N) is 1. The Balaban J connectivity index is 1.63. The van der Waals surface area contributed by atoms with Gasteiger partial charge in [0.2, 0.25) is 5.88 Å². The molecule has 0 fully saturated rings. The van der Waals surface area contributed by atoms with Crippen LogP contribution in [-0.4, -0.2) is 22.1 Å². The monoisotopic (exact) mass is 398 g/mol. The van der Waals surface area contributed by atoms with E-state index >= 15 is 0 Å². The van der Waals surface area contributed by atoms with E-state index in [1.54, 1.807) is 7.11 Å². The van der Waals surface area contributed by atoms with Gasteiger partial charge < -0.3 is 10.1 Å². The molecule has 3 heterocycles. The third-order valence-corrected chi connectivity index (χ3v) is 5.13. The summed E-state index contributed by atoms with van der Waals surface area (Å²) in [5, 5.41) is 4.45. The van der Waals surface area contributed by atoms with Crippen molar-refractivity contribution >= 4 is 22.4 Å². The molecule has 0 radical (unpaired) electrons. The van der Waals surface area contributed by atoms with Crippen molar-refractivity contribution in [2.24, 2.45) is 0 Å². The van der Waals surface area contributed by atoms with Crippen molar-refractivity contribution in [2.75, 3.05) is 12.4 Å². The zero-order valence-corrected chi connectivity index (χ0v) is 17.8. The highest BCUT2D eigenvalue weighted by Gasteiger charge is 2.14. The molecular formula is C25H26N4O. The minimum atomic E-state index is 0.130. The molecule has 152 valence electrons. The predicted molar refractivity (Wildman–Crippen MR) is 122 cm³/mol. The first-order valence-electron chi connectivity index (χ1n) is 10.0. The second-order valence-corrected chi connectivity index (χ2v) is 8.37. The molecule has 0 aliphatic carbocycles. The van der Waals surface area contributed by atoms with Gasteiger partial charge in [0, 0.05) is 47.7 Å². The van der Waals surface area contributed by atoms with E-state index in [2.05, 4.69) is 66.4 Å². The summed E-state index contributed by atoms with van der Waals surface area (Å²) >= 11 is 0. The van der Waals surface area contributed by atoms with E-state index in [9.17, 15) is 0 Å². The number of hydrogen-bond acceptors (Lipinski definition) is 5. The fourth-order valence-corrected chi connectivity index (χ4v) is 3.40. The molecule has 0 bridgehead atoms. The van der Waals surface area contributed by atoms with Crippen molar-refractivity contribution in [1.29, 1.82) is 0 Å². The highest BCUT2D eigenvalue weighted by atomic mass is 16.5. The lowest BCUT2D eigenvalue weighted by molar-refractivity contribution is 0.397. The molecular weight excluding hydrogens is 372 g/mol. The minimum absolute atomic E-state index is 0.130. The summed E-state index contributed by atoms with van der Waals surface area (Å²) in [5.74, 6) is 1.41. The number of benzene rings is 1. The molecule has 0 spiro atoms. The van der Waals surface area contributed by atoms with Crippen LogP contribution in [0.1, 0.15) is 37.5 Å². The summed E-state index contributed by atoms with van der Waals surface area (Å²) in [4.78, 5) is 13.6. The van der Waals surface area contributed by atoms with Crippen LogP contribution in [0.3, 0.4) is 0 Å². The van der Waals surface area contributed by atoms with Gasteiger partial charge in [0.25, 0.3) is 0 Å². The lowest BCUT2D eigenvalue weighted by atomic mass is 9.87. The molecule has 5 nitrogen and oxygen atoms in total. The van der Waals surface area contributed by atoms with Gasteiger partial charge in [-0.05, 0) is 40.8 Å². The maximum Gasteiger partial charge on any atom is 0.212 e. The van der Waals surface area contributed by atoms with Crippen LogP contribution in [0.15, 0.2) is 67.1 Å². The van der Waals surface area contributed by atoms with Crippen LogP contribution in [0.5, 0.6) is 5.88 Å². The van der Waals surface area contributed by atoms with Gasteiger partial charge >= 0.3 is 0 Å². The topological polar surface area (TPSA) is 59.9 Å². The second kappa shape index (κ2) is 8.11. The van der Waals surface area contributed by atoms with Gasteiger partial charge in [0.1, 0.15) is 5.82 Å². The molecule has 3 aromatic heterocycles. The van der Waals surface area contributed by atoms with Gasteiger partial charge in [0.15, 0.2) is 0 Å². The Morgan fingerprint density at radius 1 is 0.900 bits per heavy atom. The summed E-state index contributed by atoms with van der Waals surface area (Å²) in [5.41, 5.74) is 5.53. The van der Waals surface area contributed by atoms with Crippen LogP contribution in [-0.2, 0) is 11.8 Å². The van der Waals surface area contributed by atoms with Crippen LogP contribution >= 0.6 is 0 Å². The van der Waals surface area contributed by atoms with E-state index in [1.807, 2.05) is 36.8 Å². The van der Waals surface area contributed by atoms with E-state index in [0.717, 1.165) is 33.5 Å². The van der Waals surface area contributed by atoms with Crippen molar-refractivity contribution in [1.82, 2.24) is 15.0 Å². The largest absolute Gasteiger partial charge is 0.481 e. The minimum Gasteiger partial charge on any atom is -0.481 e. The third-order valence-electron chi connectivity index (χ3n) is 5.13. The summed E-state index contributed by atoms with van der Waals surface area (Å²) < 4.78 is 5.14. The Morgan fingerprint density at radius 2 is 1.70 bits per heavy atom. The molecule has 1 aromatic carbocycles. The highest BCUT2D eigenvalue weighted by molar-refractivity contribution is 5.92. The maximum atomic E-state index is 5.14. The molecule has 0 aliphatic rings. The third kappa shape index (κ3) is 4.25. The first-order chi connectivity index (χ1) is 14.4. The number of ether oxygens (including phenoxy) is 1. The Hall–Kier alpha value is -3.47. The molecule has 0 saturated carbocycles. The molecule has 4 rings (SSSR count). The smallest absolute Gasteiger partial charge is 0.212 e. The molecule has 0 amide bonds. The number of anilines is 2. The molecule has 0 unspecified atom stereocenters. The molecule has 0 atom stereocenters. The normalized spacial score (nSPS) is 11.5. The van der Waals surface area contributed by atoms with E-state index in [0.29, 0.717) is 12.3 Å². The van der Waals surface area contributed by atoms with E-state index < -0.39 is 0 Å². The average molecular weight is 399 g/mol. The van der Waals surface area contributed by atoms with Crippen molar-refractivity contribution in [2.45, 2.75) is 32.6 Å². The lowest BCUT2D eigenvalue weighted by Gasteiger charge is -2.19. The summed E-state index contributed by atoms with van der Waals surface area (Å²) in [6, 6.07) is 16.4. The lowest BCUT2D eigenvalue weighted by Crippen LogP contribution is -2.10. The van der Waals surface area contributed by atoms with Gasteiger partial charge in [-0.2, -0.15) is 0 Å². The molecule has 5 heteroatoms. The first kappa shape index (κ1) is 19.8. The molecule has 0 saturated heterocycles. The maximum absolute atomic E-state index is 5.14. The van der Waals surface area contributed by atoms with E-state index in [1.165, 1.54) is 5.56 Å². The van der Waals surface area contributed by atoms with Crippen molar-refractivity contribution in [3.8, 4) is 5.88 Å². The van der Waals surface area contributed by atoms with Crippen LogP contribution in [0.2, 0.25) is 0 Å².